The molecule has 0 saturated carbocycles. The lowest BCUT2D eigenvalue weighted by molar-refractivity contribution is 0.0679. The quantitative estimate of drug-likeness (QED) is 0.728. The Labute approximate surface area is 171 Å². The molecule has 0 spiro atoms. The van der Waals surface area contributed by atoms with Crippen LogP contribution < -0.4 is 14.8 Å². The summed E-state index contributed by atoms with van der Waals surface area (Å²) in [4.78, 5) is 12.5. The van der Waals surface area contributed by atoms with Gasteiger partial charge in [-0.15, -0.1) is 0 Å². The summed E-state index contributed by atoms with van der Waals surface area (Å²) in [7, 11) is 0. The first-order chi connectivity index (χ1) is 14.3. The van der Waals surface area contributed by atoms with Crippen LogP contribution in [0.5, 0.6) is 11.5 Å². The minimum Gasteiger partial charge on any atom is -0.491 e. The Bertz CT molecular complexity index is 778. The van der Waals surface area contributed by atoms with Crippen molar-refractivity contribution >= 4 is 11.6 Å². The van der Waals surface area contributed by atoms with Crippen LogP contribution in [0.2, 0.25) is 0 Å². The summed E-state index contributed by atoms with van der Waals surface area (Å²) < 4.78 is 22.6. The van der Waals surface area contributed by atoms with Crippen molar-refractivity contribution in [1.82, 2.24) is 0 Å². The Kier molecular flexibility index (Phi) is 6.64. The van der Waals surface area contributed by atoms with Crippen molar-refractivity contribution < 1.29 is 23.7 Å². The second-order valence-corrected chi connectivity index (χ2v) is 7.39. The van der Waals surface area contributed by atoms with Crippen molar-refractivity contribution in [2.24, 2.45) is 0 Å². The molecule has 2 aromatic carbocycles. The van der Waals surface area contributed by atoms with E-state index in [0.717, 1.165) is 56.1 Å². The second-order valence-electron chi connectivity index (χ2n) is 7.39. The molecule has 0 bridgehead atoms. The number of benzene rings is 2. The number of nitrogens with one attached hydrogen (secondary N) is 1. The minimum atomic E-state index is -0.163. The first-order valence-corrected chi connectivity index (χ1v) is 10.3. The van der Waals surface area contributed by atoms with E-state index in [9.17, 15) is 4.79 Å². The lowest BCUT2D eigenvalue weighted by Gasteiger charge is -2.12. The van der Waals surface area contributed by atoms with Crippen molar-refractivity contribution in [3.63, 3.8) is 0 Å². The number of amides is 1. The van der Waals surface area contributed by atoms with E-state index >= 15 is 0 Å². The molecule has 2 saturated heterocycles. The molecule has 6 nitrogen and oxygen atoms in total. The lowest BCUT2D eigenvalue weighted by atomic mass is 10.2. The Balaban J connectivity index is 1.24. The van der Waals surface area contributed by atoms with Crippen LogP contribution in [0.1, 0.15) is 36.0 Å². The van der Waals surface area contributed by atoms with Gasteiger partial charge in [0.2, 0.25) is 0 Å². The van der Waals surface area contributed by atoms with Gasteiger partial charge in [-0.3, -0.25) is 4.79 Å². The predicted molar refractivity (Wildman–Crippen MR) is 110 cm³/mol. The van der Waals surface area contributed by atoms with E-state index in [1.54, 1.807) is 12.1 Å². The molecule has 6 heteroatoms. The van der Waals surface area contributed by atoms with Gasteiger partial charge in [0.25, 0.3) is 5.91 Å². The van der Waals surface area contributed by atoms with Crippen molar-refractivity contribution in [3.05, 3.63) is 54.1 Å². The number of carbonyl (C=O) groups is 1. The van der Waals surface area contributed by atoms with Gasteiger partial charge >= 0.3 is 0 Å². The van der Waals surface area contributed by atoms with E-state index < -0.39 is 0 Å². The average molecular weight is 397 g/mol. The zero-order valence-corrected chi connectivity index (χ0v) is 16.5. The first kappa shape index (κ1) is 19.7. The highest BCUT2D eigenvalue weighted by Crippen LogP contribution is 2.20. The molecule has 2 aliphatic heterocycles. The normalized spacial score (nSPS) is 21.1. The van der Waals surface area contributed by atoms with Gasteiger partial charge in [0.1, 0.15) is 24.7 Å². The van der Waals surface area contributed by atoms with Crippen LogP contribution in [0, 0.1) is 0 Å². The summed E-state index contributed by atoms with van der Waals surface area (Å²) in [5, 5.41) is 2.90. The summed E-state index contributed by atoms with van der Waals surface area (Å²) in [6.45, 7) is 2.75. The SMILES string of the molecule is O=C(Nc1ccc(OCC2CCCO2)cc1)c1ccc(OCC2CCCO2)cc1. The highest BCUT2D eigenvalue weighted by molar-refractivity contribution is 6.04. The van der Waals surface area contributed by atoms with Gasteiger partial charge in [0, 0.05) is 24.5 Å². The molecule has 4 rings (SSSR count). The van der Waals surface area contributed by atoms with E-state index in [4.69, 9.17) is 18.9 Å². The summed E-state index contributed by atoms with van der Waals surface area (Å²) >= 11 is 0. The van der Waals surface area contributed by atoms with Gasteiger partial charge < -0.3 is 24.3 Å². The van der Waals surface area contributed by atoms with Crippen molar-refractivity contribution in [2.45, 2.75) is 37.9 Å². The zero-order valence-electron chi connectivity index (χ0n) is 16.5. The topological polar surface area (TPSA) is 66.0 Å². The van der Waals surface area contributed by atoms with Gasteiger partial charge in [-0.25, -0.2) is 0 Å². The van der Waals surface area contributed by atoms with E-state index in [1.807, 2.05) is 36.4 Å². The van der Waals surface area contributed by atoms with E-state index in [-0.39, 0.29) is 18.1 Å². The average Bonchev–Trinajstić information content (AvgIpc) is 3.46. The Morgan fingerprint density at radius 3 is 1.83 bits per heavy atom. The van der Waals surface area contributed by atoms with Gasteiger partial charge in [-0.2, -0.15) is 0 Å². The number of rotatable bonds is 8. The molecule has 2 fully saturated rings. The number of anilines is 1. The molecule has 1 N–H and O–H groups in total. The van der Waals surface area contributed by atoms with E-state index in [0.29, 0.717) is 18.8 Å². The smallest absolute Gasteiger partial charge is 0.255 e. The molecule has 0 aliphatic carbocycles. The molecule has 2 heterocycles. The molecule has 2 aliphatic rings. The molecular formula is C23H27NO5. The summed E-state index contributed by atoms with van der Waals surface area (Å²) in [6, 6.07) is 14.5. The highest BCUT2D eigenvalue weighted by atomic mass is 16.5. The number of carbonyl (C=O) groups excluding carboxylic acids is 1. The number of hydrogen-bond acceptors (Lipinski definition) is 5. The standard InChI is InChI=1S/C23H27NO5/c25-23(17-5-9-19(10-6-17)28-15-21-3-1-13-26-21)24-18-7-11-20(12-8-18)29-16-22-4-2-14-27-22/h5-12,21-22H,1-4,13-16H2,(H,24,25). The van der Waals surface area contributed by atoms with Crippen LogP contribution >= 0.6 is 0 Å². The largest absolute Gasteiger partial charge is 0.491 e. The summed E-state index contributed by atoms with van der Waals surface area (Å²) in [5.74, 6) is 1.35. The summed E-state index contributed by atoms with van der Waals surface area (Å²) in [5.41, 5.74) is 1.30. The number of ether oxygens (including phenoxy) is 4. The third kappa shape index (κ3) is 5.71. The minimum absolute atomic E-state index is 0.163. The van der Waals surface area contributed by atoms with Crippen LogP contribution in [-0.4, -0.2) is 44.5 Å². The maximum Gasteiger partial charge on any atom is 0.255 e. The third-order valence-corrected chi connectivity index (χ3v) is 5.15. The molecule has 0 radical (unpaired) electrons. The fourth-order valence-electron chi connectivity index (χ4n) is 3.47. The molecule has 29 heavy (non-hydrogen) atoms. The molecular weight excluding hydrogens is 370 g/mol. The third-order valence-electron chi connectivity index (χ3n) is 5.15. The first-order valence-electron chi connectivity index (χ1n) is 10.3. The maximum atomic E-state index is 12.5. The second kappa shape index (κ2) is 9.76. The molecule has 2 aromatic rings. The fraction of sp³-hybridized carbons (Fsp3) is 0.435. The Morgan fingerprint density at radius 1 is 0.828 bits per heavy atom. The molecule has 2 unspecified atom stereocenters. The van der Waals surface area contributed by atoms with Gasteiger partial charge in [-0.05, 0) is 74.2 Å². The summed E-state index contributed by atoms with van der Waals surface area (Å²) in [6.07, 6.45) is 4.64. The fourth-order valence-corrected chi connectivity index (χ4v) is 3.47. The number of hydrogen-bond donors (Lipinski definition) is 1. The highest BCUT2D eigenvalue weighted by Gasteiger charge is 2.17. The predicted octanol–water partition coefficient (Wildman–Crippen LogP) is 4.05. The van der Waals surface area contributed by atoms with Gasteiger partial charge in [0.05, 0.1) is 12.2 Å². The van der Waals surface area contributed by atoms with Crippen LogP contribution in [0.4, 0.5) is 5.69 Å². The van der Waals surface area contributed by atoms with Crippen LogP contribution in [-0.2, 0) is 9.47 Å². The zero-order chi connectivity index (χ0) is 19.9. The monoisotopic (exact) mass is 397 g/mol. The van der Waals surface area contributed by atoms with Crippen LogP contribution in [0.15, 0.2) is 48.5 Å². The van der Waals surface area contributed by atoms with E-state index in [1.165, 1.54) is 0 Å². The van der Waals surface area contributed by atoms with Crippen LogP contribution in [0.25, 0.3) is 0 Å². The van der Waals surface area contributed by atoms with Crippen LogP contribution in [0.3, 0.4) is 0 Å². The van der Waals surface area contributed by atoms with Gasteiger partial charge in [0.15, 0.2) is 0 Å². The molecule has 2 atom stereocenters. The van der Waals surface area contributed by atoms with E-state index in [2.05, 4.69) is 5.32 Å². The maximum absolute atomic E-state index is 12.5. The molecule has 0 aromatic heterocycles. The van der Waals surface area contributed by atoms with Crippen molar-refractivity contribution in [1.29, 1.82) is 0 Å². The lowest BCUT2D eigenvalue weighted by Crippen LogP contribution is -2.16. The molecule has 154 valence electrons. The van der Waals surface area contributed by atoms with Crippen molar-refractivity contribution in [2.75, 3.05) is 31.7 Å². The Hall–Kier alpha value is -2.57. The Morgan fingerprint density at radius 2 is 1.34 bits per heavy atom. The van der Waals surface area contributed by atoms with Crippen molar-refractivity contribution in [3.8, 4) is 11.5 Å². The molecule has 1 amide bonds. The van der Waals surface area contributed by atoms with Gasteiger partial charge in [-0.1, -0.05) is 0 Å².